The van der Waals surface area contributed by atoms with Gasteiger partial charge in [0.2, 0.25) is 0 Å². The van der Waals surface area contributed by atoms with Crippen molar-refractivity contribution in [3.8, 4) is 0 Å². The van der Waals surface area contributed by atoms with Gasteiger partial charge in [-0.1, -0.05) is 55.3 Å². The van der Waals surface area contributed by atoms with Crippen LogP contribution in [-0.4, -0.2) is 30.3 Å². The van der Waals surface area contributed by atoms with Crippen LogP contribution in [0.4, 0.5) is 4.79 Å². The van der Waals surface area contributed by atoms with Gasteiger partial charge in [-0.2, -0.15) is 0 Å². The van der Waals surface area contributed by atoms with Crippen LogP contribution in [0.2, 0.25) is 0 Å². The molecule has 2 atom stereocenters. The van der Waals surface area contributed by atoms with Gasteiger partial charge in [-0.05, 0) is 24.8 Å². The summed E-state index contributed by atoms with van der Waals surface area (Å²) in [5.74, 6) is 0.172. The van der Waals surface area contributed by atoms with Crippen LogP contribution in [0.15, 0.2) is 42.5 Å². The molecule has 1 aromatic carbocycles. The molecule has 1 aromatic rings. The summed E-state index contributed by atoms with van der Waals surface area (Å²) >= 11 is 0. The summed E-state index contributed by atoms with van der Waals surface area (Å²) in [5.41, 5.74) is 1.41. The second kappa shape index (κ2) is 7.18. The minimum Gasteiger partial charge on any atom is -0.396 e. The van der Waals surface area contributed by atoms with E-state index in [9.17, 15) is 4.79 Å². The molecule has 0 bridgehead atoms. The van der Waals surface area contributed by atoms with E-state index in [1.807, 2.05) is 18.2 Å². The average molecular weight is 314 g/mol. The van der Waals surface area contributed by atoms with E-state index in [0.29, 0.717) is 6.54 Å². The van der Waals surface area contributed by atoms with E-state index in [1.54, 1.807) is 0 Å². The van der Waals surface area contributed by atoms with E-state index in [4.69, 9.17) is 5.11 Å². The minimum absolute atomic E-state index is 0.0309. The van der Waals surface area contributed by atoms with Crippen LogP contribution < -0.4 is 10.6 Å². The zero-order chi connectivity index (χ0) is 16.1. The third-order valence-electron chi connectivity index (χ3n) is 5.26. The molecular formula is C19H26N2O2. The van der Waals surface area contributed by atoms with E-state index < -0.39 is 0 Å². The van der Waals surface area contributed by atoms with Crippen molar-refractivity contribution >= 4 is 6.03 Å². The highest BCUT2D eigenvalue weighted by Crippen LogP contribution is 2.40. The van der Waals surface area contributed by atoms with Gasteiger partial charge in [0.05, 0.1) is 0 Å². The van der Waals surface area contributed by atoms with Gasteiger partial charge in [-0.25, -0.2) is 4.79 Å². The van der Waals surface area contributed by atoms with Crippen LogP contribution in [0.3, 0.4) is 0 Å². The summed E-state index contributed by atoms with van der Waals surface area (Å²) in [6.07, 6.45) is 9.45. The molecular weight excluding hydrogens is 288 g/mol. The molecule has 1 fully saturated rings. The molecule has 0 saturated heterocycles. The molecule has 0 radical (unpaired) electrons. The van der Waals surface area contributed by atoms with E-state index >= 15 is 0 Å². The Labute approximate surface area is 138 Å². The van der Waals surface area contributed by atoms with E-state index in [-0.39, 0.29) is 30.0 Å². The molecule has 3 rings (SSSR count). The lowest BCUT2D eigenvalue weighted by molar-refractivity contribution is 0.228. The van der Waals surface area contributed by atoms with Crippen LogP contribution in [0.1, 0.15) is 37.7 Å². The molecule has 3 N–H and O–H groups in total. The molecule has 2 aliphatic carbocycles. The lowest BCUT2D eigenvalue weighted by Gasteiger charge is -2.30. The predicted molar refractivity (Wildman–Crippen MR) is 91.2 cm³/mol. The highest BCUT2D eigenvalue weighted by atomic mass is 16.3. The van der Waals surface area contributed by atoms with Crippen LogP contribution in [0.5, 0.6) is 0 Å². The first-order chi connectivity index (χ1) is 11.2. The van der Waals surface area contributed by atoms with E-state index in [0.717, 1.165) is 19.3 Å². The largest absolute Gasteiger partial charge is 0.396 e. The first-order valence-corrected chi connectivity index (χ1v) is 8.61. The Morgan fingerprint density at radius 2 is 1.91 bits per heavy atom. The lowest BCUT2D eigenvalue weighted by Crippen LogP contribution is -2.46. The Hall–Kier alpha value is -1.81. The maximum atomic E-state index is 12.2. The number of benzene rings is 1. The molecule has 23 heavy (non-hydrogen) atoms. The van der Waals surface area contributed by atoms with Crippen molar-refractivity contribution in [3.63, 3.8) is 0 Å². The zero-order valence-corrected chi connectivity index (χ0v) is 13.5. The van der Waals surface area contributed by atoms with Crippen LogP contribution in [-0.2, 0) is 5.41 Å². The summed E-state index contributed by atoms with van der Waals surface area (Å²) in [4.78, 5) is 12.2. The van der Waals surface area contributed by atoms with Gasteiger partial charge in [0.25, 0.3) is 0 Å². The molecule has 2 amide bonds. The first-order valence-electron chi connectivity index (χ1n) is 8.61. The van der Waals surface area contributed by atoms with Gasteiger partial charge in [0, 0.05) is 30.5 Å². The van der Waals surface area contributed by atoms with Crippen molar-refractivity contribution in [1.82, 2.24) is 10.6 Å². The Balaban J connectivity index is 1.55. The number of aliphatic hydroxyl groups is 1. The van der Waals surface area contributed by atoms with Gasteiger partial charge < -0.3 is 15.7 Å². The van der Waals surface area contributed by atoms with Crippen molar-refractivity contribution in [1.29, 1.82) is 0 Å². The number of carbonyl (C=O) groups is 1. The van der Waals surface area contributed by atoms with E-state index in [2.05, 4.69) is 34.9 Å². The number of hydrogen-bond donors (Lipinski definition) is 3. The normalized spacial score (nSPS) is 25.4. The predicted octanol–water partition coefficient (Wildman–Crippen LogP) is 2.73. The number of rotatable bonds is 5. The minimum atomic E-state index is -0.111. The molecule has 0 spiro atoms. The van der Waals surface area contributed by atoms with Crippen molar-refractivity contribution in [2.45, 2.75) is 43.6 Å². The lowest BCUT2D eigenvalue weighted by atomic mass is 9.79. The number of urea groups is 1. The molecule has 0 unspecified atom stereocenters. The van der Waals surface area contributed by atoms with Crippen LogP contribution in [0, 0.1) is 5.92 Å². The molecule has 4 heteroatoms. The SMILES string of the molecule is O=C(NCC1(c2ccccc2)CCCC1)N[C@@H]1C=C[C@H](CO)C1. The fourth-order valence-electron chi connectivity index (χ4n) is 3.90. The number of hydrogen-bond acceptors (Lipinski definition) is 2. The van der Waals surface area contributed by atoms with Gasteiger partial charge in [-0.15, -0.1) is 0 Å². The fraction of sp³-hybridized carbons (Fsp3) is 0.526. The highest BCUT2D eigenvalue weighted by Gasteiger charge is 2.35. The van der Waals surface area contributed by atoms with Gasteiger partial charge >= 0.3 is 6.03 Å². The topological polar surface area (TPSA) is 61.4 Å². The summed E-state index contributed by atoms with van der Waals surface area (Å²) < 4.78 is 0. The van der Waals surface area contributed by atoms with Crippen molar-refractivity contribution in [3.05, 3.63) is 48.0 Å². The summed E-state index contributed by atoms with van der Waals surface area (Å²) in [6.45, 7) is 0.829. The first kappa shape index (κ1) is 16.1. The maximum Gasteiger partial charge on any atom is 0.315 e. The molecule has 2 aliphatic rings. The Kier molecular flexibility index (Phi) is 5.01. The van der Waals surface area contributed by atoms with Crippen LogP contribution in [0.25, 0.3) is 0 Å². The molecule has 0 heterocycles. The standard InChI is InChI=1S/C19H26N2O2/c22-13-15-8-9-17(12-15)21-18(23)20-14-19(10-4-5-11-19)16-6-2-1-3-7-16/h1-3,6-9,15,17,22H,4-5,10-14H2,(H2,20,21,23)/t15-,17+/m0/s1. The quantitative estimate of drug-likeness (QED) is 0.732. The smallest absolute Gasteiger partial charge is 0.315 e. The van der Waals surface area contributed by atoms with Crippen molar-refractivity contribution in [2.75, 3.05) is 13.2 Å². The summed E-state index contributed by atoms with van der Waals surface area (Å²) in [6, 6.07) is 10.5. The second-order valence-corrected chi connectivity index (χ2v) is 6.85. The molecule has 4 nitrogen and oxygen atoms in total. The Morgan fingerprint density at radius 1 is 1.17 bits per heavy atom. The number of aliphatic hydroxyl groups excluding tert-OH is 1. The van der Waals surface area contributed by atoms with Crippen molar-refractivity contribution in [2.24, 2.45) is 5.92 Å². The average Bonchev–Trinajstić information content (AvgIpc) is 3.24. The second-order valence-electron chi connectivity index (χ2n) is 6.85. The Bertz CT molecular complexity index is 550. The maximum absolute atomic E-state index is 12.2. The highest BCUT2D eigenvalue weighted by molar-refractivity contribution is 5.74. The van der Waals surface area contributed by atoms with Crippen molar-refractivity contribution < 1.29 is 9.90 Å². The van der Waals surface area contributed by atoms with Crippen LogP contribution >= 0.6 is 0 Å². The zero-order valence-electron chi connectivity index (χ0n) is 13.5. The molecule has 0 aromatic heterocycles. The number of carbonyl (C=O) groups excluding carboxylic acids is 1. The summed E-state index contributed by atoms with van der Waals surface area (Å²) in [7, 11) is 0. The van der Waals surface area contributed by atoms with E-state index in [1.165, 1.54) is 18.4 Å². The van der Waals surface area contributed by atoms with Gasteiger partial charge in [-0.3, -0.25) is 0 Å². The van der Waals surface area contributed by atoms with Gasteiger partial charge in [0.1, 0.15) is 0 Å². The fourth-order valence-corrected chi connectivity index (χ4v) is 3.90. The van der Waals surface area contributed by atoms with Gasteiger partial charge in [0.15, 0.2) is 0 Å². The summed E-state index contributed by atoms with van der Waals surface area (Å²) in [5, 5.41) is 15.2. The Morgan fingerprint density at radius 3 is 2.57 bits per heavy atom. The monoisotopic (exact) mass is 314 g/mol. The molecule has 1 saturated carbocycles. The third-order valence-corrected chi connectivity index (χ3v) is 5.26. The third kappa shape index (κ3) is 3.75. The molecule has 124 valence electrons. The molecule has 0 aliphatic heterocycles. The number of amides is 2. The number of nitrogens with one attached hydrogen (secondary N) is 2.